The molecule has 7 heteroatoms. The van der Waals surface area contributed by atoms with E-state index in [2.05, 4.69) is 0 Å². The standard InChI is InChI=1S/C24H25F2N3O.BrH/c1-17-28(14-15-29(17)23(25)26)21-13-12-20(16-21)24(22(27)30,18-8-4-2-5-9-18)19-10-6-3-7-11-19;/h2-11,14-15,20-21,23H,12-13,16H2,1H3,(H-,27,30);1H/t20-,21-;/m0./s1. The van der Waals surface area contributed by atoms with Gasteiger partial charge < -0.3 is 22.7 Å². The molecule has 0 radical (unpaired) electrons. The van der Waals surface area contributed by atoms with Crippen LogP contribution >= 0.6 is 0 Å². The van der Waals surface area contributed by atoms with Gasteiger partial charge in [-0.15, -0.1) is 0 Å². The van der Waals surface area contributed by atoms with Gasteiger partial charge in [-0.3, -0.25) is 4.79 Å². The van der Waals surface area contributed by atoms with E-state index in [0.29, 0.717) is 12.2 Å². The molecule has 0 unspecified atom stereocenters. The van der Waals surface area contributed by atoms with Crippen LogP contribution in [0.4, 0.5) is 8.78 Å². The summed E-state index contributed by atoms with van der Waals surface area (Å²) in [5.74, 6) is 0.101. The number of carbonyl (C=O) groups excluding carboxylic acids is 1. The first-order valence-electron chi connectivity index (χ1n) is 10.2. The minimum Gasteiger partial charge on any atom is -1.00 e. The second kappa shape index (κ2) is 9.30. The number of amides is 1. The summed E-state index contributed by atoms with van der Waals surface area (Å²) in [5.41, 5.74) is 6.92. The second-order valence-electron chi connectivity index (χ2n) is 8.01. The fraction of sp³-hybridized carbons (Fsp3) is 0.333. The molecule has 4 rings (SSSR count). The molecule has 0 bridgehead atoms. The van der Waals surface area contributed by atoms with E-state index < -0.39 is 12.0 Å². The maximum atomic E-state index is 13.2. The first-order chi connectivity index (χ1) is 14.5. The van der Waals surface area contributed by atoms with Gasteiger partial charge in [-0.2, -0.15) is 13.3 Å². The number of rotatable bonds is 6. The summed E-state index contributed by atoms with van der Waals surface area (Å²) >= 11 is 0. The Hall–Kier alpha value is -2.54. The molecule has 164 valence electrons. The molecule has 0 saturated heterocycles. The molecule has 2 atom stereocenters. The number of imidazole rings is 1. The fourth-order valence-electron chi connectivity index (χ4n) is 5.21. The van der Waals surface area contributed by atoms with Crippen molar-refractivity contribution in [2.24, 2.45) is 11.7 Å². The van der Waals surface area contributed by atoms with Crippen molar-refractivity contribution in [2.45, 2.75) is 44.2 Å². The first kappa shape index (κ1) is 23.1. The number of nitrogens with two attached hydrogens (primary N) is 1. The van der Waals surface area contributed by atoms with E-state index in [4.69, 9.17) is 5.73 Å². The highest BCUT2D eigenvalue weighted by molar-refractivity contribution is 5.91. The smallest absolute Gasteiger partial charge is 0.387 e. The quantitative estimate of drug-likeness (QED) is 0.521. The largest absolute Gasteiger partial charge is 1.00 e. The topological polar surface area (TPSA) is 51.9 Å². The molecule has 1 fully saturated rings. The van der Waals surface area contributed by atoms with Gasteiger partial charge in [0.05, 0.1) is 0 Å². The Morgan fingerprint density at radius 3 is 2.06 bits per heavy atom. The van der Waals surface area contributed by atoms with Crippen LogP contribution in [0.3, 0.4) is 0 Å². The Labute approximate surface area is 191 Å². The number of nitrogens with zero attached hydrogens (tertiary/aromatic N) is 2. The van der Waals surface area contributed by atoms with E-state index >= 15 is 0 Å². The van der Waals surface area contributed by atoms with E-state index in [1.54, 1.807) is 13.1 Å². The maximum absolute atomic E-state index is 13.2. The van der Waals surface area contributed by atoms with Crippen LogP contribution in [0.2, 0.25) is 0 Å². The average molecular weight is 490 g/mol. The molecule has 31 heavy (non-hydrogen) atoms. The van der Waals surface area contributed by atoms with Gasteiger partial charge in [0.15, 0.2) is 0 Å². The van der Waals surface area contributed by atoms with Crippen molar-refractivity contribution in [3.8, 4) is 0 Å². The number of hydrogen-bond donors (Lipinski definition) is 1. The summed E-state index contributed by atoms with van der Waals surface area (Å²) in [4.78, 5) is 13.1. The lowest BCUT2D eigenvalue weighted by Gasteiger charge is -2.37. The molecular formula is C24H26BrF2N3O. The summed E-state index contributed by atoms with van der Waals surface area (Å²) in [5, 5.41) is 0. The Morgan fingerprint density at radius 2 is 1.61 bits per heavy atom. The normalized spacial score (nSPS) is 18.7. The van der Waals surface area contributed by atoms with Gasteiger partial charge in [0.25, 0.3) is 5.82 Å². The Balaban J connectivity index is 0.00000272. The molecule has 1 amide bonds. The summed E-state index contributed by atoms with van der Waals surface area (Å²) in [7, 11) is 0. The van der Waals surface area contributed by atoms with Crippen LogP contribution < -0.4 is 27.3 Å². The molecule has 4 nitrogen and oxygen atoms in total. The van der Waals surface area contributed by atoms with E-state index in [1.165, 1.54) is 6.20 Å². The van der Waals surface area contributed by atoms with Crippen molar-refractivity contribution in [2.75, 3.05) is 0 Å². The molecule has 1 saturated carbocycles. The van der Waals surface area contributed by atoms with Crippen LogP contribution in [0, 0.1) is 12.8 Å². The number of carbonyl (C=O) groups is 1. The van der Waals surface area contributed by atoms with Crippen molar-refractivity contribution in [3.05, 3.63) is 90.0 Å². The van der Waals surface area contributed by atoms with Crippen LogP contribution in [0.1, 0.15) is 48.8 Å². The molecule has 1 aliphatic carbocycles. The zero-order valence-electron chi connectivity index (χ0n) is 17.3. The van der Waals surface area contributed by atoms with Gasteiger partial charge in [0.2, 0.25) is 5.91 Å². The van der Waals surface area contributed by atoms with Crippen molar-refractivity contribution in [1.82, 2.24) is 4.57 Å². The van der Waals surface area contributed by atoms with Gasteiger partial charge in [-0.05, 0) is 36.3 Å². The Kier molecular flexibility index (Phi) is 6.94. The van der Waals surface area contributed by atoms with Crippen LogP contribution in [-0.2, 0) is 10.2 Å². The van der Waals surface area contributed by atoms with Crippen molar-refractivity contribution in [3.63, 3.8) is 0 Å². The summed E-state index contributed by atoms with van der Waals surface area (Å²) in [6, 6.07) is 19.4. The SMILES string of the molecule is Cc1n(C(F)F)cc[n+]1[C@H]1CC[C@H](C(C(N)=O)(c2ccccc2)c2ccccc2)C1.[Br-]. The maximum Gasteiger partial charge on any atom is 0.387 e. The number of benzene rings is 2. The average Bonchev–Trinajstić information content (AvgIpc) is 3.37. The third-order valence-electron chi connectivity index (χ3n) is 6.60. The fourth-order valence-corrected chi connectivity index (χ4v) is 5.21. The van der Waals surface area contributed by atoms with Gasteiger partial charge >= 0.3 is 6.55 Å². The monoisotopic (exact) mass is 489 g/mol. The molecular weight excluding hydrogens is 464 g/mol. The molecule has 1 heterocycles. The molecule has 2 aromatic carbocycles. The van der Waals surface area contributed by atoms with Crippen LogP contribution in [0.25, 0.3) is 0 Å². The number of primary amides is 1. The highest BCUT2D eigenvalue weighted by atomic mass is 79.9. The molecule has 0 spiro atoms. The predicted molar refractivity (Wildman–Crippen MR) is 110 cm³/mol. The van der Waals surface area contributed by atoms with E-state index in [9.17, 15) is 13.6 Å². The third-order valence-corrected chi connectivity index (χ3v) is 6.60. The predicted octanol–water partition coefficient (Wildman–Crippen LogP) is 1.30. The van der Waals surface area contributed by atoms with Crippen molar-refractivity contribution >= 4 is 5.91 Å². The number of alkyl halides is 2. The van der Waals surface area contributed by atoms with Crippen molar-refractivity contribution in [1.29, 1.82) is 0 Å². The Morgan fingerprint density at radius 1 is 1.06 bits per heavy atom. The minimum atomic E-state index is -2.57. The van der Waals surface area contributed by atoms with Gasteiger partial charge in [-0.1, -0.05) is 60.7 Å². The second-order valence-corrected chi connectivity index (χ2v) is 8.01. The lowest BCUT2D eigenvalue weighted by molar-refractivity contribution is -0.727. The number of hydrogen-bond acceptors (Lipinski definition) is 1. The zero-order valence-corrected chi connectivity index (χ0v) is 18.9. The van der Waals surface area contributed by atoms with Crippen LogP contribution in [0.5, 0.6) is 0 Å². The van der Waals surface area contributed by atoms with Gasteiger partial charge in [-0.25, -0.2) is 4.57 Å². The van der Waals surface area contributed by atoms with Crippen molar-refractivity contribution < 1.29 is 35.1 Å². The van der Waals surface area contributed by atoms with Crippen LogP contribution in [0.15, 0.2) is 73.1 Å². The number of aromatic nitrogens is 2. The summed E-state index contributed by atoms with van der Waals surface area (Å²) in [6.45, 7) is -0.864. The summed E-state index contributed by atoms with van der Waals surface area (Å²) < 4.78 is 29.3. The molecule has 0 aliphatic heterocycles. The highest BCUT2D eigenvalue weighted by Gasteiger charge is 2.51. The van der Waals surface area contributed by atoms with Crippen LogP contribution in [-0.4, -0.2) is 10.5 Å². The van der Waals surface area contributed by atoms with Gasteiger partial charge in [0, 0.05) is 6.92 Å². The lowest BCUT2D eigenvalue weighted by Crippen LogP contribution is -3.00. The number of halogens is 3. The molecule has 3 aromatic rings. The lowest BCUT2D eigenvalue weighted by atomic mass is 9.64. The first-order valence-corrected chi connectivity index (χ1v) is 10.2. The Bertz CT molecular complexity index is 984. The van der Waals surface area contributed by atoms with E-state index in [0.717, 1.165) is 28.5 Å². The molecule has 2 N–H and O–H groups in total. The third kappa shape index (κ3) is 3.91. The molecule has 1 aromatic heterocycles. The van der Waals surface area contributed by atoms with E-state index in [-0.39, 0.29) is 34.8 Å². The molecule has 1 aliphatic rings. The zero-order chi connectivity index (χ0) is 21.3. The summed E-state index contributed by atoms with van der Waals surface area (Å²) in [6.07, 6.45) is 5.40. The minimum absolute atomic E-state index is 0. The van der Waals surface area contributed by atoms with E-state index in [1.807, 2.05) is 65.2 Å². The highest BCUT2D eigenvalue weighted by Crippen LogP contribution is 2.48. The van der Waals surface area contributed by atoms with Gasteiger partial charge in [0.1, 0.15) is 23.9 Å².